The number of anilines is 1. The molecule has 180 valence electrons. The first-order valence-corrected chi connectivity index (χ1v) is 11.1. The summed E-state index contributed by atoms with van der Waals surface area (Å²) in [5, 5.41) is 8.22. The van der Waals surface area contributed by atoms with Crippen LogP contribution in [0.4, 0.5) is 5.69 Å². The van der Waals surface area contributed by atoms with Gasteiger partial charge in [-0.1, -0.05) is 54.1 Å². The molecule has 9 heteroatoms. The van der Waals surface area contributed by atoms with Crippen molar-refractivity contribution in [2.45, 2.75) is 0 Å². The minimum Gasteiger partial charge on any atom is -0.497 e. The summed E-state index contributed by atoms with van der Waals surface area (Å²) >= 11 is 6.01. The maximum absolute atomic E-state index is 12.7. The van der Waals surface area contributed by atoms with Crippen molar-refractivity contribution < 1.29 is 23.9 Å². The third-order valence-corrected chi connectivity index (χ3v) is 5.48. The predicted molar refractivity (Wildman–Crippen MR) is 138 cm³/mol. The standard InChI is InChI=1S/C27H20ClN3O5/c1-35-19-13-10-18(11-14-19)27(34)36-24-15-12-17-6-2-3-7-20(17)21(24)16-29-31-26(33)25(32)30-23-9-5-4-8-22(23)28/h2-16H,1H3,(H,30,32)(H,31,33). The van der Waals surface area contributed by atoms with Crippen LogP contribution < -0.4 is 20.2 Å². The zero-order valence-corrected chi connectivity index (χ0v) is 19.8. The molecule has 0 unspecified atom stereocenters. The number of hydrazone groups is 1. The van der Waals surface area contributed by atoms with E-state index in [2.05, 4.69) is 15.8 Å². The first kappa shape index (κ1) is 24.4. The summed E-state index contributed by atoms with van der Waals surface area (Å²) in [5.74, 6) is -1.68. The van der Waals surface area contributed by atoms with Gasteiger partial charge < -0.3 is 14.8 Å². The molecule has 0 fully saturated rings. The molecule has 4 aromatic rings. The second-order valence-corrected chi connectivity index (χ2v) is 7.86. The first-order chi connectivity index (χ1) is 17.5. The molecule has 0 saturated carbocycles. The number of hydrogen-bond donors (Lipinski definition) is 2. The molecule has 2 N–H and O–H groups in total. The van der Waals surface area contributed by atoms with Gasteiger partial charge in [0.15, 0.2) is 0 Å². The van der Waals surface area contributed by atoms with Crippen LogP contribution in [0, 0.1) is 0 Å². The molecule has 4 rings (SSSR count). The van der Waals surface area contributed by atoms with Crippen molar-refractivity contribution in [1.82, 2.24) is 5.43 Å². The number of amides is 2. The van der Waals surface area contributed by atoms with Crippen LogP contribution in [0.25, 0.3) is 10.8 Å². The SMILES string of the molecule is COc1ccc(C(=O)Oc2ccc3ccccc3c2C=NNC(=O)C(=O)Nc2ccccc2Cl)cc1. The molecule has 0 aromatic heterocycles. The fourth-order valence-electron chi connectivity index (χ4n) is 3.33. The lowest BCUT2D eigenvalue weighted by Crippen LogP contribution is -2.32. The van der Waals surface area contributed by atoms with Gasteiger partial charge in [-0.2, -0.15) is 5.10 Å². The Hall–Kier alpha value is -4.69. The van der Waals surface area contributed by atoms with Gasteiger partial charge in [0.25, 0.3) is 0 Å². The molecular weight excluding hydrogens is 482 g/mol. The maximum atomic E-state index is 12.7. The smallest absolute Gasteiger partial charge is 0.343 e. The molecule has 0 atom stereocenters. The van der Waals surface area contributed by atoms with Crippen molar-refractivity contribution >= 4 is 52.1 Å². The Morgan fingerprint density at radius 2 is 1.58 bits per heavy atom. The quantitative estimate of drug-likeness (QED) is 0.130. The third-order valence-electron chi connectivity index (χ3n) is 5.15. The lowest BCUT2D eigenvalue weighted by Gasteiger charge is -2.11. The molecule has 0 saturated heterocycles. The Balaban J connectivity index is 1.54. The summed E-state index contributed by atoms with van der Waals surface area (Å²) < 4.78 is 10.7. The van der Waals surface area contributed by atoms with Gasteiger partial charge in [0.05, 0.1) is 29.6 Å². The predicted octanol–water partition coefficient (Wildman–Crippen LogP) is 4.81. The number of rotatable bonds is 6. The zero-order valence-electron chi connectivity index (χ0n) is 19.0. The number of methoxy groups -OCH3 is 1. The summed E-state index contributed by atoms with van der Waals surface area (Å²) in [5.41, 5.74) is 3.25. The Bertz CT molecular complexity index is 1470. The van der Waals surface area contributed by atoms with Crippen molar-refractivity contribution in [3.05, 3.63) is 101 Å². The van der Waals surface area contributed by atoms with Crippen LogP contribution in [-0.4, -0.2) is 31.1 Å². The monoisotopic (exact) mass is 501 g/mol. The Kier molecular flexibility index (Phi) is 7.57. The molecule has 2 amide bonds. The molecule has 8 nitrogen and oxygen atoms in total. The number of para-hydroxylation sites is 1. The second kappa shape index (κ2) is 11.2. The van der Waals surface area contributed by atoms with Gasteiger partial charge in [0.1, 0.15) is 11.5 Å². The highest BCUT2D eigenvalue weighted by Gasteiger charge is 2.16. The number of halogens is 1. The lowest BCUT2D eigenvalue weighted by atomic mass is 10.0. The first-order valence-electron chi connectivity index (χ1n) is 10.7. The van der Waals surface area contributed by atoms with E-state index in [0.29, 0.717) is 27.6 Å². The average Bonchev–Trinajstić information content (AvgIpc) is 2.90. The molecule has 0 heterocycles. The minimum atomic E-state index is -0.997. The van der Waals surface area contributed by atoms with Crippen molar-refractivity contribution in [2.75, 3.05) is 12.4 Å². The Morgan fingerprint density at radius 1 is 0.861 bits per heavy atom. The number of nitrogens with one attached hydrogen (secondary N) is 2. The molecule has 0 bridgehead atoms. The van der Waals surface area contributed by atoms with Crippen LogP contribution in [0.2, 0.25) is 5.02 Å². The average molecular weight is 502 g/mol. The highest BCUT2D eigenvalue weighted by Crippen LogP contribution is 2.28. The van der Waals surface area contributed by atoms with Gasteiger partial charge in [-0.15, -0.1) is 0 Å². The van der Waals surface area contributed by atoms with E-state index >= 15 is 0 Å². The van der Waals surface area contributed by atoms with Gasteiger partial charge in [-0.05, 0) is 53.2 Å². The van der Waals surface area contributed by atoms with E-state index in [1.54, 1.807) is 60.7 Å². The number of carbonyl (C=O) groups excluding carboxylic acids is 3. The van der Waals surface area contributed by atoms with Crippen LogP contribution >= 0.6 is 11.6 Å². The highest BCUT2D eigenvalue weighted by molar-refractivity contribution is 6.41. The molecule has 36 heavy (non-hydrogen) atoms. The van der Waals surface area contributed by atoms with Gasteiger partial charge in [-0.25, -0.2) is 10.2 Å². The van der Waals surface area contributed by atoms with E-state index in [4.69, 9.17) is 21.1 Å². The molecule has 0 aliphatic rings. The van der Waals surface area contributed by atoms with Crippen molar-refractivity contribution in [1.29, 1.82) is 0 Å². The van der Waals surface area contributed by atoms with Crippen LogP contribution in [-0.2, 0) is 9.59 Å². The number of fused-ring (bicyclic) bond motifs is 1. The van der Waals surface area contributed by atoms with Gasteiger partial charge in [0, 0.05) is 5.56 Å². The topological polar surface area (TPSA) is 106 Å². The van der Waals surface area contributed by atoms with Gasteiger partial charge in [-0.3, -0.25) is 9.59 Å². The number of ether oxygens (including phenoxy) is 2. The molecule has 0 aliphatic heterocycles. The van der Waals surface area contributed by atoms with Gasteiger partial charge >= 0.3 is 17.8 Å². The molecule has 0 spiro atoms. The third kappa shape index (κ3) is 5.68. The van der Waals surface area contributed by atoms with E-state index < -0.39 is 17.8 Å². The Labute approximate surface area is 211 Å². The Morgan fingerprint density at radius 3 is 2.33 bits per heavy atom. The van der Waals surface area contributed by atoms with E-state index in [1.165, 1.54) is 13.3 Å². The summed E-state index contributed by atoms with van der Waals surface area (Å²) in [4.78, 5) is 37.2. The van der Waals surface area contributed by atoms with Crippen molar-refractivity contribution in [3.8, 4) is 11.5 Å². The fourth-order valence-corrected chi connectivity index (χ4v) is 3.51. The van der Waals surface area contributed by atoms with Gasteiger partial charge in [0.2, 0.25) is 0 Å². The van der Waals surface area contributed by atoms with E-state index in [-0.39, 0.29) is 5.75 Å². The van der Waals surface area contributed by atoms with Crippen LogP contribution in [0.3, 0.4) is 0 Å². The van der Waals surface area contributed by atoms with E-state index in [1.807, 2.05) is 24.3 Å². The molecule has 0 radical (unpaired) electrons. The number of esters is 1. The van der Waals surface area contributed by atoms with Crippen molar-refractivity contribution in [2.24, 2.45) is 5.10 Å². The van der Waals surface area contributed by atoms with Crippen LogP contribution in [0.5, 0.6) is 11.5 Å². The molecular formula is C27H20ClN3O5. The summed E-state index contributed by atoms with van der Waals surface area (Å²) in [7, 11) is 1.53. The zero-order chi connectivity index (χ0) is 25.5. The van der Waals surface area contributed by atoms with Crippen molar-refractivity contribution in [3.63, 3.8) is 0 Å². The summed E-state index contributed by atoms with van der Waals surface area (Å²) in [6.45, 7) is 0. The minimum absolute atomic E-state index is 0.230. The number of hydrogen-bond acceptors (Lipinski definition) is 6. The number of nitrogens with zero attached hydrogens (tertiary/aromatic N) is 1. The highest BCUT2D eigenvalue weighted by atomic mass is 35.5. The summed E-state index contributed by atoms with van der Waals surface area (Å²) in [6.07, 6.45) is 1.32. The largest absolute Gasteiger partial charge is 0.497 e. The molecule has 4 aromatic carbocycles. The second-order valence-electron chi connectivity index (χ2n) is 7.45. The van der Waals surface area contributed by atoms with Crippen LogP contribution in [0.15, 0.2) is 90.0 Å². The number of carbonyl (C=O) groups is 3. The normalized spacial score (nSPS) is 10.7. The van der Waals surface area contributed by atoms with Crippen LogP contribution in [0.1, 0.15) is 15.9 Å². The van der Waals surface area contributed by atoms with E-state index in [0.717, 1.165) is 10.8 Å². The lowest BCUT2D eigenvalue weighted by molar-refractivity contribution is -0.136. The fraction of sp³-hybridized carbons (Fsp3) is 0.0370. The summed E-state index contributed by atoms with van der Waals surface area (Å²) in [6, 6.07) is 23.9. The maximum Gasteiger partial charge on any atom is 0.343 e. The number of benzene rings is 4. The molecule has 0 aliphatic carbocycles. The van der Waals surface area contributed by atoms with E-state index in [9.17, 15) is 14.4 Å².